The maximum atomic E-state index is 5.59. The van der Waals surface area contributed by atoms with Crippen LogP contribution in [0.1, 0.15) is 37.1 Å². The van der Waals surface area contributed by atoms with Gasteiger partial charge in [-0.15, -0.1) is 0 Å². The van der Waals surface area contributed by atoms with Crippen LogP contribution in [0.4, 0.5) is 17.2 Å². The summed E-state index contributed by atoms with van der Waals surface area (Å²) in [5, 5.41) is 1.17. The highest BCUT2D eigenvalue weighted by molar-refractivity contribution is 5.93. The van der Waals surface area contributed by atoms with Crippen molar-refractivity contribution in [3.05, 3.63) is 47.8 Å². The van der Waals surface area contributed by atoms with Crippen molar-refractivity contribution in [1.82, 2.24) is 9.97 Å². The largest absolute Gasteiger partial charge is 0.495 e. The van der Waals surface area contributed by atoms with Crippen molar-refractivity contribution in [3.63, 3.8) is 0 Å². The Morgan fingerprint density at radius 1 is 1.03 bits per heavy atom. The number of ether oxygens (including phenoxy) is 1. The normalized spacial score (nSPS) is 16.5. The van der Waals surface area contributed by atoms with Crippen molar-refractivity contribution in [2.75, 3.05) is 61.6 Å². The molecule has 0 spiro atoms. The zero-order valence-corrected chi connectivity index (χ0v) is 19.6. The Bertz CT molecular complexity index is 1120. The molecule has 0 amide bonds. The lowest BCUT2D eigenvalue weighted by atomic mass is 10.1. The van der Waals surface area contributed by atoms with Crippen molar-refractivity contribution in [2.24, 2.45) is 0 Å². The lowest BCUT2D eigenvalue weighted by Crippen LogP contribution is -2.47. The highest BCUT2D eigenvalue weighted by Crippen LogP contribution is 2.41. The minimum Gasteiger partial charge on any atom is -0.495 e. The van der Waals surface area contributed by atoms with Crippen LogP contribution in [0.3, 0.4) is 0 Å². The van der Waals surface area contributed by atoms with Crippen LogP contribution in [0.25, 0.3) is 10.9 Å². The molecule has 1 aliphatic carbocycles. The third-order valence-electron chi connectivity index (χ3n) is 6.84. The molecule has 1 saturated carbocycles. The maximum Gasteiger partial charge on any atom is 0.142 e. The van der Waals surface area contributed by atoms with Crippen LogP contribution in [0.15, 0.2) is 36.4 Å². The van der Waals surface area contributed by atoms with E-state index in [1.165, 1.54) is 35.2 Å². The highest BCUT2D eigenvalue weighted by Gasteiger charge is 2.29. The van der Waals surface area contributed by atoms with Crippen LogP contribution >= 0.6 is 0 Å². The molecular formula is C26H33N5O. The summed E-state index contributed by atoms with van der Waals surface area (Å²) in [5.41, 5.74) is 4.78. The van der Waals surface area contributed by atoms with Gasteiger partial charge in [0.05, 0.1) is 18.3 Å². The number of methoxy groups -OCH3 is 1. The number of rotatable bonds is 6. The number of benzene rings is 2. The number of aryl methyl sites for hydroxylation is 1. The molecule has 1 saturated heterocycles. The molecule has 0 atom stereocenters. The van der Waals surface area contributed by atoms with Crippen molar-refractivity contribution in [2.45, 2.75) is 32.6 Å². The van der Waals surface area contributed by atoms with Gasteiger partial charge in [0.2, 0.25) is 0 Å². The lowest BCUT2D eigenvalue weighted by Gasteiger charge is -2.37. The molecule has 0 bridgehead atoms. The summed E-state index contributed by atoms with van der Waals surface area (Å²) in [4.78, 5) is 17.3. The Hall–Kier alpha value is -3.02. The van der Waals surface area contributed by atoms with Crippen LogP contribution in [0.2, 0.25) is 0 Å². The number of hydrogen-bond donors (Lipinski definition) is 0. The summed E-state index contributed by atoms with van der Waals surface area (Å²) in [7, 11) is 3.90. The molecule has 0 radical (unpaired) electrons. The standard InChI is InChI=1S/C26H33N5O/c1-5-29(3)23-17-20-21(16-18(23)2)27-25(19-10-11-19)28-26(20)31-14-12-30(13-15-31)22-8-6-7-9-24(22)32-4/h6-9,16-17,19H,5,10-15H2,1-4H3. The second kappa shape index (κ2) is 8.49. The summed E-state index contributed by atoms with van der Waals surface area (Å²) in [5.74, 6) is 3.59. The van der Waals surface area contributed by atoms with E-state index in [0.717, 1.165) is 55.6 Å². The van der Waals surface area contributed by atoms with Gasteiger partial charge in [0.15, 0.2) is 0 Å². The number of piperazine rings is 1. The van der Waals surface area contributed by atoms with Crippen LogP contribution < -0.4 is 19.4 Å². The van der Waals surface area contributed by atoms with E-state index in [4.69, 9.17) is 14.7 Å². The Morgan fingerprint density at radius 3 is 2.44 bits per heavy atom. The van der Waals surface area contributed by atoms with Crippen molar-refractivity contribution in [3.8, 4) is 5.75 Å². The fourth-order valence-electron chi connectivity index (χ4n) is 4.67. The molecule has 2 aliphatic rings. The van der Waals surface area contributed by atoms with Gasteiger partial charge in [-0.05, 0) is 56.5 Å². The van der Waals surface area contributed by atoms with E-state index < -0.39 is 0 Å². The number of para-hydroxylation sites is 2. The smallest absolute Gasteiger partial charge is 0.142 e. The van der Waals surface area contributed by atoms with Gasteiger partial charge in [-0.2, -0.15) is 0 Å². The monoisotopic (exact) mass is 431 g/mol. The van der Waals surface area contributed by atoms with Gasteiger partial charge in [0, 0.05) is 56.8 Å². The first-order valence-corrected chi connectivity index (χ1v) is 11.8. The minimum atomic E-state index is 0.534. The first kappa shape index (κ1) is 20.9. The molecule has 1 aliphatic heterocycles. The van der Waals surface area contributed by atoms with Gasteiger partial charge in [-0.1, -0.05) is 12.1 Å². The summed E-state index contributed by atoms with van der Waals surface area (Å²) in [6.45, 7) is 9.10. The number of fused-ring (bicyclic) bond motifs is 1. The summed E-state index contributed by atoms with van der Waals surface area (Å²) in [6.07, 6.45) is 2.42. The summed E-state index contributed by atoms with van der Waals surface area (Å²) in [6, 6.07) is 12.8. The van der Waals surface area contributed by atoms with E-state index in [1.54, 1.807) is 7.11 Å². The van der Waals surface area contributed by atoms with Crippen LogP contribution in [-0.4, -0.2) is 56.8 Å². The first-order valence-electron chi connectivity index (χ1n) is 11.8. The van der Waals surface area contributed by atoms with Gasteiger partial charge in [-0.25, -0.2) is 9.97 Å². The van der Waals surface area contributed by atoms with Gasteiger partial charge < -0.3 is 19.4 Å². The van der Waals surface area contributed by atoms with E-state index in [0.29, 0.717) is 5.92 Å². The van der Waals surface area contributed by atoms with Crippen molar-refractivity contribution >= 4 is 28.1 Å². The molecule has 32 heavy (non-hydrogen) atoms. The predicted octanol–water partition coefficient (Wildman–Crippen LogP) is 4.61. The molecule has 0 unspecified atom stereocenters. The zero-order valence-electron chi connectivity index (χ0n) is 19.6. The second-order valence-corrected chi connectivity index (χ2v) is 9.00. The molecule has 5 rings (SSSR count). The molecule has 6 nitrogen and oxygen atoms in total. The predicted molar refractivity (Wildman–Crippen MR) is 133 cm³/mol. The lowest BCUT2D eigenvalue weighted by molar-refractivity contribution is 0.413. The number of aromatic nitrogens is 2. The topological polar surface area (TPSA) is 44.7 Å². The van der Waals surface area contributed by atoms with Gasteiger partial charge in [-0.3, -0.25) is 0 Å². The van der Waals surface area contributed by atoms with E-state index in [2.05, 4.69) is 59.9 Å². The quantitative estimate of drug-likeness (QED) is 0.568. The molecule has 2 fully saturated rings. The Balaban J connectivity index is 1.49. The van der Waals surface area contributed by atoms with Gasteiger partial charge in [0.1, 0.15) is 17.4 Å². The van der Waals surface area contributed by atoms with Gasteiger partial charge >= 0.3 is 0 Å². The fraction of sp³-hybridized carbons (Fsp3) is 0.462. The minimum absolute atomic E-state index is 0.534. The van der Waals surface area contributed by atoms with Crippen LogP contribution in [0.5, 0.6) is 5.75 Å². The SMILES string of the molecule is CCN(C)c1cc2c(N3CCN(c4ccccc4OC)CC3)nc(C3CC3)nc2cc1C. The molecule has 3 aromatic rings. The Kier molecular flexibility index (Phi) is 5.53. The molecule has 2 aromatic carbocycles. The number of hydrogen-bond acceptors (Lipinski definition) is 6. The molecular weight excluding hydrogens is 398 g/mol. The summed E-state index contributed by atoms with van der Waals surface area (Å²) < 4.78 is 5.59. The Labute approximate surface area is 190 Å². The molecule has 2 heterocycles. The van der Waals surface area contributed by atoms with Crippen molar-refractivity contribution < 1.29 is 4.74 Å². The molecule has 0 N–H and O–H groups in total. The third-order valence-corrected chi connectivity index (χ3v) is 6.84. The molecule has 1 aromatic heterocycles. The van der Waals surface area contributed by atoms with Crippen molar-refractivity contribution in [1.29, 1.82) is 0 Å². The van der Waals surface area contributed by atoms with Crippen LogP contribution in [-0.2, 0) is 0 Å². The molecule has 6 heteroatoms. The number of anilines is 3. The fourth-order valence-corrected chi connectivity index (χ4v) is 4.67. The molecule has 168 valence electrons. The third kappa shape index (κ3) is 3.83. The van der Waals surface area contributed by atoms with Gasteiger partial charge in [0.25, 0.3) is 0 Å². The maximum absolute atomic E-state index is 5.59. The van der Waals surface area contributed by atoms with E-state index in [9.17, 15) is 0 Å². The number of nitrogens with zero attached hydrogens (tertiary/aromatic N) is 5. The zero-order chi connectivity index (χ0) is 22.2. The second-order valence-electron chi connectivity index (χ2n) is 9.00. The van der Waals surface area contributed by atoms with E-state index in [-0.39, 0.29) is 0 Å². The Morgan fingerprint density at radius 2 is 1.75 bits per heavy atom. The van der Waals surface area contributed by atoms with E-state index >= 15 is 0 Å². The van der Waals surface area contributed by atoms with Crippen LogP contribution in [0, 0.1) is 6.92 Å². The van der Waals surface area contributed by atoms with E-state index in [1.807, 2.05) is 12.1 Å². The first-order chi connectivity index (χ1) is 15.6. The average molecular weight is 432 g/mol. The highest BCUT2D eigenvalue weighted by atomic mass is 16.5. The summed E-state index contributed by atoms with van der Waals surface area (Å²) >= 11 is 0. The average Bonchev–Trinajstić information content (AvgIpc) is 3.68.